The van der Waals surface area contributed by atoms with E-state index >= 15 is 0 Å². The SMILES string of the molecule is CCOC(=O)C1CC(C(N)=O)N(C(=O)c2ccccc2)C1c1ccc(OC)cc1. The molecule has 1 heterocycles. The number of amides is 2. The predicted molar refractivity (Wildman–Crippen MR) is 106 cm³/mol. The number of benzene rings is 2. The molecule has 7 heteroatoms. The Labute approximate surface area is 169 Å². The summed E-state index contributed by atoms with van der Waals surface area (Å²) >= 11 is 0. The fourth-order valence-corrected chi connectivity index (χ4v) is 3.79. The minimum atomic E-state index is -0.913. The van der Waals surface area contributed by atoms with E-state index < -0.39 is 29.9 Å². The summed E-state index contributed by atoms with van der Waals surface area (Å²) in [6.07, 6.45) is 0.115. The van der Waals surface area contributed by atoms with Crippen LogP contribution in [0.2, 0.25) is 0 Å². The lowest BCUT2D eigenvalue weighted by atomic mass is 9.93. The summed E-state index contributed by atoms with van der Waals surface area (Å²) in [5, 5.41) is 0. The molecule has 29 heavy (non-hydrogen) atoms. The maximum absolute atomic E-state index is 13.3. The summed E-state index contributed by atoms with van der Waals surface area (Å²) in [7, 11) is 1.56. The lowest BCUT2D eigenvalue weighted by Gasteiger charge is -2.30. The molecule has 3 rings (SSSR count). The third kappa shape index (κ3) is 4.08. The maximum atomic E-state index is 13.3. The van der Waals surface area contributed by atoms with Gasteiger partial charge in [-0.1, -0.05) is 30.3 Å². The van der Waals surface area contributed by atoms with Crippen LogP contribution in [0.3, 0.4) is 0 Å². The van der Waals surface area contributed by atoms with Gasteiger partial charge >= 0.3 is 5.97 Å². The first-order chi connectivity index (χ1) is 14.0. The average molecular weight is 396 g/mol. The van der Waals surface area contributed by atoms with Crippen LogP contribution in [0.1, 0.15) is 35.3 Å². The third-order valence-electron chi connectivity index (χ3n) is 5.12. The van der Waals surface area contributed by atoms with Crippen molar-refractivity contribution in [2.45, 2.75) is 25.4 Å². The molecule has 2 aromatic carbocycles. The van der Waals surface area contributed by atoms with Gasteiger partial charge in [-0.15, -0.1) is 0 Å². The Morgan fingerprint density at radius 1 is 1.07 bits per heavy atom. The van der Waals surface area contributed by atoms with Gasteiger partial charge in [-0.2, -0.15) is 0 Å². The number of rotatable bonds is 6. The van der Waals surface area contributed by atoms with Crippen LogP contribution in [-0.2, 0) is 14.3 Å². The van der Waals surface area contributed by atoms with Crippen molar-refractivity contribution in [1.82, 2.24) is 4.90 Å². The molecule has 1 aliphatic heterocycles. The van der Waals surface area contributed by atoms with Gasteiger partial charge in [-0.3, -0.25) is 14.4 Å². The Hall–Kier alpha value is -3.35. The molecule has 1 aliphatic rings. The first kappa shape index (κ1) is 20.4. The zero-order valence-electron chi connectivity index (χ0n) is 16.4. The van der Waals surface area contributed by atoms with E-state index in [1.165, 1.54) is 4.90 Å². The Morgan fingerprint density at radius 2 is 1.72 bits per heavy atom. The Balaban J connectivity index is 2.08. The van der Waals surface area contributed by atoms with E-state index in [0.717, 1.165) is 0 Å². The molecule has 152 valence electrons. The number of likely N-dealkylation sites (tertiary alicyclic amines) is 1. The summed E-state index contributed by atoms with van der Waals surface area (Å²) in [4.78, 5) is 39.6. The molecule has 0 bridgehead atoms. The van der Waals surface area contributed by atoms with E-state index in [9.17, 15) is 14.4 Å². The average Bonchev–Trinajstić information content (AvgIpc) is 3.15. The number of nitrogens with zero attached hydrogens (tertiary/aromatic N) is 1. The molecule has 0 spiro atoms. The molecule has 3 unspecified atom stereocenters. The van der Waals surface area contributed by atoms with E-state index in [1.54, 1.807) is 68.6 Å². The highest BCUT2D eigenvalue weighted by atomic mass is 16.5. The van der Waals surface area contributed by atoms with E-state index in [4.69, 9.17) is 15.2 Å². The van der Waals surface area contributed by atoms with Gasteiger partial charge in [0, 0.05) is 5.56 Å². The molecular weight excluding hydrogens is 372 g/mol. The summed E-state index contributed by atoms with van der Waals surface area (Å²) in [6, 6.07) is 14.1. The number of carbonyl (C=O) groups is 3. The molecule has 2 aromatic rings. The van der Waals surface area contributed by atoms with Crippen LogP contribution in [0.15, 0.2) is 54.6 Å². The highest BCUT2D eigenvalue weighted by Gasteiger charge is 2.50. The van der Waals surface area contributed by atoms with Crippen molar-refractivity contribution in [3.63, 3.8) is 0 Å². The second kappa shape index (κ2) is 8.77. The third-order valence-corrected chi connectivity index (χ3v) is 5.12. The predicted octanol–water partition coefficient (Wildman–Crippen LogP) is 2.32. The van der Waals surface area contributed by atoms with Crippen LogP contribution in [0.5, 0.6) is 5.75 Å². The smallest absolute Gasteiger partial charge is 0.311 e. The first-order valence-electron chi connectivity index (χ1n) is 9.45. The quantitative estimate of drug-likeness (QED) is 0.756. The van der Waals surface area contributed by atoms with Crippen molar-refractivity contribution >= 4 is 17.8 Å². The fraction of sp³-hybridized carbons (Fsp3) is 0.318. The second-order valence-corrected chi connectivity index (χ2v) is 6.81. The Morgan fingerprint density at radius 3 is 2.28 bits per heavy atom. The molecule has 7 nitrogen and oxygen atoms in total. The van der Waals surface area contributed by atoms with Gasteiger partial charge in [0.2, 0.25) is 5.91 Å². The molecular formula is C22H24N2O5. The van der Waals surface area contributed by atoms with Crippen LogP contribution in [0, 0.1) is 5.92 Å². The van der Waals surface area contributed by atoms with Gasteiger partial charge in [0.05, 0.1) is 25.7 Å². The lowest BCUT2D eigenvalue weighted by molar-refractivity contribution is -0.148. The number of esters is 1. The van der Waals surface area contributed by atoms with Crippen LogP contribution in [-0.4, -0.2) is 42.4 Å². The van der Waals surface area contributed by atoms with Gasteiger partial charge in [-0.05, 0) is 43.2 Å². The summed E-state index contributed by atoms with van der Waals surface area (Å²) in [5.41, 5.74) is 6.75. The normalized spacial score (nSPS) is 20.9. The molecule has 0 saturated carbocycles. The van der Waals surface area contributed by atoms with Crippen molar-refractivity contribution in [2.75, 3.05) is 13.7 Å². The zero-order chi connectivity index (χ0) is 21.0. The van der Waals surface area contributed by atoms with Crippen molar-refractivity contribution in [3.05, 3.63) is 65.7 Å². The molecule has 1 fully saturated rings. The first-order valence-corrected chi connectivity index (χ1v) is 9.45. The molecule has 0 radical (unpaired) electrons. The van der Waals surface area contributed by atoms with Crippen molar-refractivity contribution in [1.29, 1.82) is 0 Å². The second-order valence-electron chi connectivity index (χ2n) is 6.81. The number of ether oxygens (including phenoxy) is 2. The van der Waals surface area contributed by atoms with Crippen LogP contribution < -0.4 is 10.5 Å². The van der Waals surface area contributed by atoms with E-state index in [0.29, 0.717) is 16.9 Å². The molecule has 1 saturated heterocycles. The minimum absolute atomic E-state index is 0.115. The zero-order valence-corrected chi connectivity index (χ0v) is 16.4. The molecule has 3 atom stereocenters. The topological polar surface area (TPSA) is 98.9 Å². The maximum Gasteiger partial charge on any atom is 0.311 e. The van der Waals surface area contributed by atoms with Crippen molar-refractivity contribution in [2.24, 2.45) is 11.7 Å². The molecule has 0 aliphatic carbocycles. The van der Waals surface area contributed by atoms with Gasteiger partial charge in [0.1, 0.15) is 11.8 Å². The molecule has 2 amide bonds. The summed E-state index contributed by atoms with van der Waals surface area (Å²) < 4.78 is 10.4. The number of hydrogen-bond acceptors (Lipinski definition) is 5. The van der Waals surface area contributed by atoms with E-state index in [2.05, 4.69) is 0 Å². The number of primary amides is 1. The number of carbonyl (C=O) groups excluding carboxylic acids is 3. The van der Waals surface area contributed by atoms with E-state index in [-0.39, 0.29) is 18.9 Å². The molecule has 2 N–H and O–H groups in total. The largest absolute Gasteiger partial charge is 0.497 e. The standard InChI is InChI=1S/C22H24N2O5/c1-3-29-22(27)17-13-18(20(23)25)24(21(26)15-7-5-4-6-8-15)19(17)14-9-11-16(28-2)12-10-14/h4-12,17-19H,3,13H2,1-2H3,(H2,23,25). The number of hydrogen-bond donors (Lipinski definition) is 1. The van der Waals surface area contributed by atoms with Crippen molar-refractivity contribution in [3.8, 4) is 5.75 Å². The fourth-order valence-electron chi connectivity index (χ4n) is 3.79. The van der Waals surface area contributed by atoms with Gasteiger partial charge < -0.3 is 20.1 Å². The highest BCUT2D eigenvalue weighted by Crippen LogP contribution is 2.43. The summed E-state index contributed by atoms with van der Waals surface area (Å²) in [5.74, 6) is -1.52. The minimum Gasteiger partial charge on any atom is -0.497 e. The monoisotopic (exact) mass is 396 g/mol. The lowest BCUT2D eigenvalue weighted by Crippen LogP contribution is -2.45. The number of methoxy groups -OCH3 is 1. The van der Waals surface area contributed by atoms with Crippen LogP contribution >= 0.6 is 0 Å². The van der Waals surface area contributed by atoms with Crippen LogP contribution in [0.25, 0.3) is 0 Å². The van der Waals surface area contributed by atoms with E-state index in [1.807, 2.05) is 0 Å². The van der Waals surface area contributed by atoms with Crippen LogP contribution in [0.4, 0.5) is 0 Å². The van der Waals surface area contributed by atoms with Crippen molar-refractivity contribution < 1.29 is 23.9 Å². The highest BCUT2D eigenvalue weighted by molar-refractivity contribution is 5.99. The Bertz CT molecular complexity index is 882. The Kier molecular flexibility index (Phi) is 6.16. The number of nitrogens with two attached hydrogens (primary N) is 1. The van der Waals surface area contributed by atoms with Gasteiger partial charge in [-0.25, -0.2) is 0 Å². The van der Waals surface area contributed by atoms with Gasteiger partial charge in [0.15, 0.2) is 0 Å². The molecule has 0 aromatic heterocycles. The van der Waals surface area contributed by atoms with Gasteiger partial charge in [0.25, 0.3) is 5.91 Å². The summed E-state index contributed by atoms with van der Waals surface area (Å²) in [6.45, 7) is 1.92.